The van der Waals surface area contributed by atoms with Crippen molar-refractivity contribution >= 4 is 21.9 Å². The van der Waals surface area contributed by atoms with Gasteiger partial charge in [-0.2, -0.15) is 4.31 Å². The predicted octanol–water partition coefficient (Wildman–Crippen LogP) is 1.87. The third-order valence-corrected chi connectivity index (χ3v) is 7.25. The van der Waals surface area contributed by atoms with E-state index >= 15 is 0 Å². The summed E-state index contributed by atoms with van der Waals surface area (Å²) in [4.78, 5) is 25.6. The van der Waals surface area contributed by atoms with Crippen LogP contribution in [-0.4, -0.2) is 60.3 Å². The number of rotatable bonds is 5. The maximum atomic E-state index is 12.7. The number of hydrogen-bond acceptors (Lipinski definition) is 4. The number of likely N-dealkylation sites (tertiary alicyclic amines) is 1. The summed E-state index contributed by atoms with van der Waals surface area (Å²) in [5.74, 6) is -1.19. The first-order valence-corrected chi connectivity index (χ1v) is 10.9. The molecular weight excluding hydrogens is 368 g/mol. The van der Waals surface area contributed by atoms with Crippen LogP contribution < -0.4 is 0 Å². The van der Waals surface area contributed by atoms with Gasteiger partial charge in [0, 0.05) is 19.6 Å². The molecule has 2 fully saturated rings. The predicted molar refractivity (Wildman–Crippen MR) is 99.7 cm³/mol. The van der Waals surface area contributed by atoms with Crippen molar-refractivity contribution < 1.29 is 23.1 Å². The normalized spacial score (nSPS) is 21.8. The highest BCUT2D eigenvalue weighted by Gasteiger charge is 2.32. The fourth-order valence-electron chi connectivity index (χ4n) is 3.80. The topological polar surface area (TPSA) is 95.0 Å². The molecule has 2 heterocycles. The van der Waals surface area contributed by atoms with Crippen LogP contribution in [0.15, 0.2) is 29.2 Å². The van der Waals surface area contributed by atoms with Gasteiger partial charge in [-0.05, 0) is 49.8 Å². The molecule has 0 aliphatic carbocycles. The van der Waals surface area contributed by atoms with Crippen molar-refractivity contribution in [3.05, 3.63) is 29.8 Å². The number of nitrogens with zero attached hydrogens (tertiary/aromatic N) is 2. The maximum absolute atomic E-state index is 12.7. The Bertz CT molecular complexity index is 785. The lowest BCUT2D eigenvalue weighted by Gasteiger charge is -2.33. The Kier molecular flexibility index (Phi) is 6.16. The van der Waals surface area contributed by atoms with Crippen molar-refractivity contribution in [3.63, 3.8) is 0 Å². The van der Waals surface area contributed by atoms with Crippen LogP contribution >= 0.6 is 0 Å². The largest absolute Gasteiger partial charge is 0.480 e. The van der Waals surface area contributed by atoms with E-state index in [1.54, 1.807) is 12.1 Å². The van der Waals surface area contributed by atoms with E-state index in [0.717, 1.165) is 32.1 Å². The van der Waals surface area contributed by atoms with Crippen molar-refractivity contribution in [2.24, 2.45) is 0 Å². The summed E-state index contributed by atoms with van der Waals surface area (Å²) in [6.45, 7) is 1.55. The lowest BCUT2D eigenvalue weighted by molar-refractivity contribution is -0.151. The highest BCUT2D eigenvalue weighted by atomic mass is 32.2. The first kappa shape index (κ1) is 19.8. The summed E-state index contributed by atoms with van der Waals surface area (Å²) in [5.41, 5.74) is 0.687. The molecule has 1 N–H and O–H groups in total. The molecule has 0 unspecified atom stereocenters. The first-order chi connectivity index (χ1) is 12.9. The number of piperidine rings is 2. The molecule has 2 aliphatic heterocycles. The Morgan fingerprint density at radius 2 is 1.59 bits per heavy atom. The molecule has 8 heteroatoms. The summed E-state index contributed by atoms with van der Waals surface area (Å²) in [5, 5.41) is 9.31. The highest BCUT2D eigenvalue weighted by molar-refractivity contribution is 7.89. The van der Waals surface area contributed by atoms with Gasteiger partial charge < -0.3 is 10.0 Å². The Morgan fingerprint density at radius 3 is 2.22 bits per heavy atom. The van der Waals surface area contributed by atoms with Gasteiger partial charge in [0.25, 0.3) is 0 Å². The summed E-state index contributed by atoms with van der Waals surface area (Å²) in [7, 11) is -3.49. The van der Waals surface area contributed by atoms with Crippen LogP contribution in [0.4, 0.5) is 0 Å². The summed E-state index contributed by atoms with van der Waals surface area (Å²) in [6.07, 6.45) is 4.99. The molecule has 1 aromatic rings. The molecule has 1 amide bonds. The van der Waals surface area contributed by atoms with Crippen LogP contribution in [-0.2, 0) is 26.0 Å². The summed E-state index contributed by atoms with van der Waals surface area (Å²) < 4.78 is 26.9. The van der Waals surface area contributed by atoms with Crippen LogP contribution in [0.3, 0.4) is 0 Å². The second kappa shape index (κ2) is 8.39. The minimum absolute atomic E-state index is 0.0772. The minimum atomic E-state index is -3.49. The average Bonchev–Trinajstić information content (AvgIpc) is 2.69. The number of carbonyl (C=O) groups is 2. The number of benzene rings is 1. The molecule has 0 radical (unpaired) electrons. The SMILES string of the molecule is O=C(O)[C@H]1CCCCN1C(=O)Cc1ccc(S(=O)(=O)N2CCCCC2)cc1. The molecule has 3 rings (SSSR count). The fraction of sp³-hybridized carbons (Fsp3) is 0.579. The molecule has 148 valence electrons. The van der Waals surface area contributed by atoms with E-state index in [-0.39, 0.29) is 17.2 Å². The summed E-state index contributed by atoms with van der Waals surface area (Å²) in [6, 6.07) is 5.61. The molecule has 0 spiro atoms. The molecule has 0 aromatic heterocycles. The molecule has 0 bridgehead atoms. The molecular formula is C19H26N2O5S. The van der Waals surface area contributed by atoms with E-state index in [2.05, 4.69) is 0 Å². The minimum Gasteiger partial charge on any atom is -0.480 e. The van der Waals surface area contributed by atoms with Gasteiger partial charge in [-0.25, -0.2) is 13.2 Å². The second-order valence-corrected chi connectivity index (χ2v) is 9.16. The van der Waals surface area contributed by atoms with Crippen LogP contribution in [0.25, 0.3) is 0 Å². The molecule has 2 aliphatic rings. The van der Waals surface area contributed by atoms with Crippen molar-refractivity contribution in [1.29, 1.82) is 0 Å². The third-order valence-electron chi connectivity index (χ3n) is 5.34. The van der Waals surface area contributed by atoms with E-state index in [1.165, 1.54) is 21.3 Å². The van der Waals surface area contributed by atoms with Gasteiger partial charge in [-0.3, -0.25) is 4.79 Å². The Morgan fingerprint density at radius 1 is 0.963 bits per heavy atom. The van der Waals surface area contributed by atoms with Crippen molar-refractivity contribution in [2.45, 2.75) is 55.9 Å². The second-order valence-electron chi connectivity index (χ2n) is 7.22. The zero-order valence-corrected chi connectivity index (χ0v) is 16.2. The van der Waals surface area contributed by atoms with E-state index < -0.39 is 22.0 Å². The smallest absolute Gasteiger partial charge is 0.326 e. The van der Waals surface area contributed by atoms with Crippen molar-refractivity contribution in [3.8, 4) is 0 Å². The lowest BCUT2D eigenvalue weighted by Crippen LogP contribution is -2.48. The van der Waals surface area contributed by atoms with E-state index in [1.807, 2.05) is 0 Å². The Balaban J connectivity index is 1.68. The molecule has 1 atom stereocenters. The van der Waals surface area contributed by atoms with Crippen LogP contribution in [0.5, 0.6) is 0 Å². The van der Waals surface area contributed by atoms with Gasteiger partial charge >= 0.3 is 5.97 Å². The standard InChI is InChI=1S/C19H26N2O5S/c22-18(21-13-5-2-6-17(21)19(23)24)14-15-7-9-16(10-8-15)27(25,26)20-11-3-1-4-12-20/h7-10,17H,1-6,11-14H2,(H,23,24)/t17-/m1/s1. The monoisotopic (exact) mass is 394 g/mol. The van der Waals surface area contributed by atoms with Gasteiger partial charge in [0.05, 0.1) is 11.3 Å². The van der Waals surface area contributed by atoms with Gasteiger partial charge in [-0.1, -0.05) is 18.6 Å². The zero-order chi connectivity index (χ0) is 19.4. The molecule has 7 nitrogen and oxygen atoms in total. The van der Waals surface area contributed by atoms with Crippen LogP contribution in [0.1, 0.15) is 44.1 Å². The number of hydrogen-bond donors (Lipinski definition) is 1. The zero-order valence-electron chi connectivity index (χ0n) is 15.3. The quantitative estimate of drug-likeness (QED) is 0.823. The fourth-order valence-corrected chi connectivity index (χ4v) is 5.31. The number of sulfonamides is 1. The van der Waals surface area contributed by atoms with Gasteiger partial charge in [0.2, 0.25) is 15.9 Å². The molecule has 1 aromatic carbocycles. The Hall–Kier alpha value is -1.93. The van der Waals surface area contributed by atoms with Gasteiger partial charge in [0.1, 0.15) is 6.04 Å². The van der Waals surface area contributed by atoms with E-state index in [4.69, 9.17) is 0 Å². The number of carboxylic acid groups (broad SMARTS) is 1. The van der Waals surface area contributed by atoms with Gasteiger partial charge in [0.15, 0.2) is 0 Å². The van der Waals surface area contributed by atoms with Crippen LogP contribution in [0.2, 0.25) is 0 Å². The van der Waals surface area contributed by atoms with Crippen molar-refractivity contribution in [1.82, 2.24) is 9.21 Å². The molecule has 2 saturated heterocycles. The Labute approximate surface area is 160 Å². The van der Waals surface area contributed by atoms with Crippen molar-refractivity contribution in [2.75, 3.05) is 19.6 Å². The number of carbonyl (C=O) groups excluding carboxylic acids is 1. The molecule has 27 heavy (non-hydrogen) atoms. The van der Waals surface area contributed by atoms with Crippen LogP contribution in [0, 0.1) is 0 Å². The number of amides is 1. The third kappa shape index (κ3) is 4.50. The van der Waals surface area contributed by atoms with E-state index in [9.17, 15) is 23.1 Å². The summed E-state index contributed by atoms with van der Waals surface area (Å²) >= 11 is 0. The lowest BCUT2D eigenvalue weighted by atomic mass is 10.0. The van der Waals surface area contributed by atoms with Gasteiger partial charge in [-0.15, -0.1) is 0 Å². The maximum Gasteiger partial charge on any atom is 0.326 e. The first-order valence-electron chi connectivity index (χ1n) is 9.51. The molecule has 0 saturated carbocycles. The number of carboxylic acids is 1. The average molecular weight is 394 g/mol. The highest BCUT2D eigenvalue weighted by Crippen LogP contribution is 2.22. The number of aliphatic carboxylic acids is 1. The van der Waals surface area contributed by atoms with E-state index in [0.29, 0.717) is 31.6 Å².